The summed E-state index contributed by atoms with van der Waals surface area (Å²) in [4.78, 5) is 20.2. The first kappa shape index (κ1) is 25.5. The van der Waals surface area contributed by atoms with Gasteiger partial charge in [0.05, 0.1) is 28.3 Å². The molecule has 6 nitrogen and oxygen atoms in total. The predicted octanol–water partition coefficient (Wildman–Crippen LogP) is 8.06. The summed E-state index contributed by atoms with van der Waals surface area (Å²) >= 11 is 0. The van der Waals surface area contributed by atoms with Gasteiger partial charge in [-0.1, -0.05) is 36.4 Å². The Morgan fingerprint density at radius 2 is 0.976 bits per heavy atom. The molecule has 3 aliphatic rings. The van der Waals surface area contributed by atoms with Crippen molar-refractivity contribution >= 4 is 57.3 Å². The normalized spacial score (nSPS) is 12.6. The van der Waals surface area contributed by atoms with Crippen molar-refractivity contribution in [2.45, 2.75) is 0 Å². The quantitative estimate of drug-likeness (QED) is 0.184. The second-order valence-corrected chi connectivity index (χ2v) is 9.37. The minimum atomic E-state index is 0.915. The molecule has 0 saturated carbocycles. The highest BCUT2D eigenvalue weighted by Gasteiger charge is 2.02. The summed E-state index contributed by atoms with van der Waals surface area (Å²) in [7, 11) is 0. The Morgan fingerprint density at radius 1 is 0.463 bits per heavy atom. The highest BCUT2D eigenvalue weighted by Crippen LogP contribution is 2.17. The largest absolute Gasteiger partial charge is 0.368 e. The lowest BCUT2D eigenvalue weighted by molar-refractivity contribution is 1.20. The van der Waals surface area contributed by atoms with Crippen LogP contribution in [-0.2, 0) is 0 Å². The fraction of sp³-hybridized carbons (Fsp3) is 0. The molecule has 0 aliphatic carbocycles. The SMILES string of the molecule is C1=CC=CNC=C1.C1=Cc2cc3ccc(cc4ccc(cc5nc(cc1n2)C=C5)[nH]4)[nH]3.c1ccc2ncccc2c1. The molecule has 8 rings (SSSR count). The van der Waals surface area contributed by atoms with Gasteiger partial charge in [0.2, 0.25) is 0 Å². The molecule has 3 N–H and O–H groups in total. The Labute approximate surface area is 237 Å². The van der Waals surface area contributed by atoms with E-state index in [0.717, 1.165) is 50.4 Å². The van der Waals surface area contributed by atoms with Gasteiger partial charge >= 0.3 is 0 Å². The van der Waals surface area contributed by atoms with Crippen molar-refractivity contribution in [2.75, 3.05) is 0 Å². The van der Waals surface area contributed by atoms with Crippen LogP contribution in [0.5, 0.6) is 0 Å². The van der Waals surface area contributed by atoms with E-state index in [9.17, 15) is 0 Å². The fourth-order valence-electron chi connectivity index (χ4n) is 4.37. The molecule has 1 aromatic carbocycles. The van der Waals surface area contributed by atoms with Gasteiger partial charge in [0, 0.05) is 46.0 Å². The van der Waals surface area contributed by atoms with Crippen LogP contribution in [0.1, 0.15) is 22.8 Å². The van der Waals surface area contributed by atoms with E-state index in [2.05, 4.69) is 72.7 Å². The monoisotopic (exact) mass is 532 g/mol. The second kappa shape index (κ2) is 12.4. The number of nitrogens with one attached hydrogen (secondary N) is 3. The Kier molecular flexibility index (Phi) is 7.72. The molecule has 41 heavy (non-hydrogen) atoms. The van der Waals surface area contributed by atoms with Gasteiger partial charge in [0.25, 0.3) is 0 Å². The van der Waals surface area contributed by atoms with E-state index >= 15 is 0 Å². The van der Waals surface area contributed by atoms with Crippen molar-refractivity contribution in [3.63, 3.8) is 0 Å². The maximum absolute atomic E-state index is 4.62. The standard InChI is InChI=1S/C20H14N4.C9H7N.C6H7N/c1-2-14-10-16-5-6-18(23-16)12-20-8-7-19(24-20)11-17-4-3-15(22-17)9-13(1)21-14;1-2-6-9-8(4-1)5-3-7-10-9;1-2-4-6-7-5-3-1/h1-12,21-22H;1-7H;1-7H. The van der Waals surface area contributed by atoms with Gasteiger partial charge in [0.15, 0.2) is 0 Å². The molecule has 0 spiro atoms. The van der Waals surface area contributed by atoms with E-state index in [1.54, 1.807) is 0 Å². The smallest absolute Gasteiger partial charge is 0.0701 e. The number of rotatable bonds is 0. The molecule has 0 saturated heterocycles. The molecule has 0 fully saturated rings. The van der Waals surface area contributed by atoms with Crippen LogP contribution in [0.2, 0.25) is 0 Å². The van der Waals surface area contributed by atoms with Crippen LogP contribution in [0.3, 0.4) is 0 Å². The predicted molar refractivity (Wildman–Crippen MR) is 171 cm³/mol. The summed E-state index contributed by atoms with van der Waals surface area (Å²) in [5.74, 6) is 0. The van der Waals surface area contributed by atoms with Crippen LogP contribution in [0.4, 0.5) is 0 Å². The number of fused-ring (bicyclic) bond motifs is 9. The maximum Gasteiger partial charge on any atom is 0.0701 e. The van der Waals surface area contributed by atoms with Gasteiger partial charge in [-0.15, -0.1) is 0 Å². The number of aromatic amines is 2. The zero-order chi connectivity index (χ0) is 27.7. The van der Waals surface area contributed by atoms with Gasteiger partial charge in [-0.3, -0.25) is 4.98 Å². The van der Waals surface area contributed by atoms with Crippen LogP contribution in [-0.4, -0.2) is 24.9 Å². The van der Waals surface area contributed by atoms with E-state index in [1.807, 2.05) is 110 Å². The maximum atomic E-state index is 4.62. The van der Waals surface area contributed by atoms with Crippen LogP contribution in [0.15, 0.2) is 128 Å². The average molecular weight is 533 g/mol. The molecule has 0 amide bonds. The van der Waals surface area contributed by atoms with Crippen molar-refractivity contribution < 1.29 is 0 Å². The van der Waals surface area contributed by atoms with Crippen LogP contribution in [0, 0.1) is 0 Å². The molecule has 0 unspecified atom stereocenters. The molecule has 8 bridgehead atoms. The topological polar surface area (TPSA) is 82.3 Å². The van der Waals surface area contributed by atoms with Crippen molar-refractivity contribution in [1.29, 1.82) is 0 Å². The van der Waals surface area contributed by atoms with Crippen molar-refractivity contribution in [1.82, 2.24) is 30.2 Å². The molecule has 0 radical (unpaired) electrons. The lowest BCUT2D eigenvalue weighted by Crippen LogP contribution is -1.87. The molecule has 3 aliphatic heterocycles. The molecule has 4 aromatic heterocycles. The van der Waals surface area contributed by atoms with Gasteiger partial charge in [-0.2, -0.15) is 0 Å². The number of pyridine rings is 1. The summed E-state index contributed by atoms with van der Waals surface area (Å²) in [5.41, 5.74) is 8.92. The van der Waals surface area contributed by atoms with Crippen LogP contribution in [0.25, 0.3) is 57.3 Å². The number of hydrogen-bond acceptors (Lipinski definition) is 4. The first-order valence-electron chi connectivity index (χ1n) is 13.4. The third-order valence-electron chi connectivity index (χ3n) is 6.27. The number of allylic oxidation sites excluding steroid dienone is 4. The zero-order valence-corrected chi connectivity index (χ0v) is 22.3. The fourth-order valence-corrected chi connectivity index (χ4v) is 4.37. The summed E-state index contributed by atoms with van der Waals surface area (Å²) in [5, 5.41) is 4.12. The summed E-state index contributed by atoms with van der Waals surface area (Å²) in [6.07, 6.45) is 21.4. The van der Waals surface area contributed by atoms with Crippen molar-refractivity contribution in [2.24, 2.45) is 0 Å². The van der Waals surface area contributed by atoms with E-state index < -0.39 is 0 Å². The van der Waals surface area contributed by atoms with Crippen LogP contribution < -0.4 is 5.32 Å². The lowest BCUT2D eigenvalue weighted by atomic mass is 10.2. The first-order valence-corrected chi connectivity index (χ1v) is 13.4. The highest BCUT2D eigenvalue weighted by atomic mass is 14.8. The Hall–Kier alpha value is -5.75. The Morgan fingerprint density at radius 3 is 1.56 bits per heavy atom. The summed E-state index contributed by atoms with van der Waals surface area (Å²) in [6.45, 7) is 0. The van der Waals surface area contributed by atoms with E-state index in [4.69, 9.17) is 0 Å². The molecule has 198 valence electrons. The lowest BCUT2D eigenvalue weighted by Gasteiger charge is -1.91. The minimum absolute atomic E-state index is 0.915. The zero-order valence-electron chi connectivity index (χ0n) is 22.3. The highest BCUT2D eigenvalue weighted by molar-refractivity contribution is 5.78. The van der Waals surface area contributed by atoms with Crippen molar-refractivity contribution in [3.05, 3.63) is 151 Å². The number of para-hydroxylation sites is 1. The third-order valence-corrected chi connectivity index (χ3v) is 6.27. The van der Waals surface area contributed by atoms with Gasteiger partial charge in [-0.05, 0) is 97.1 Å². The molecule has 0 atom stereocenters. The number of benzene rings is 1. The van der Waals surface area contributed by atoms with Gasteiger partial charge in [0.1, 0.15) is 0 Å². The van der Waals surface area contributed by atoms with E-state index in [-0.39, 0.29) is 0 Å². The Bertz CT molecular complexity index is 1820. The summed E-state index contributed by atoms with van der Waals surface area (Å²) < 4.78 is 0. The van der Waals surface area contributed by atoms with E-state index in [0.29, 0.717) is 0 Å². The van der Waals surface area contributed by atoms with E-state index in [1.165, 1.54) is 5.39 Å². The molecule has 7 heterocycles. The molecular formula is C35H28N6. The number of hydrogen-bond donors (Lipinski definition) is 3. The van der Waals surface area contributed by atoms with Crippen LogP contribution >= 0.6 is 0 Å². The summed E-state index contributed by atoms with van der Waals surface area (Å²) in [6, 6.07) is 28.5. The minimum Gasteiger partial charge on any atom is -0.368 e. The molecular weight excluding hydrogens is 504 g/mol. The van der Waals surface area contributed by atoms with Crippen molar-refractivity contribution in [3.8, 4) is 0 Å². The molecule has 6 heteroatoms. The average Bonchev–Trinajstić information content (AvgIpc) is 3.78. The molecule has 5 aromatic rings. The Balaban J connectivity index is 0.000000145. The number of nitrogens with zero attached hydrogens (tertiary/aromatic N) is 3. The number of aromatic nitrogens is 5. The number of H-pyrrole nitrogens is 2. The first-order chi connectivity index (χ1) is 20.3. The third kappa shape index (κ3) is 7.02. The van der Waals surface area contributed by atoms with Gasteiger partial charge in [-0.25, -0.2) is 9.97 Å². The van der Waals surface area contributed by atoms with Gasteiger partial charge < -0.3 is 15.3 Å². The second-order valence-electron chi connectivity index (χ2n) is 9.37.